The number of benzene rings is 2. The van der Waals surface area contributed by atoms with Gasteiger partial charge in [-0.15, -0.1) is 5.53 Å². The number of aromatic nitrogens is 3. The molecule has 30 heavy (non-hydrogen) atoms. The number of halogens is 1. The first-order chi connectivity index (χ1) is 14.7. The van der Waals surface area contributed by atoms with Crippen molar-refractivity contribution in [2.45, 2.75) is 25.9 Å². The molecule has 9 heteroatoms. The lowest BCUT2D eigenvalue weighted by molar-refractivity contribution is -0.122. The number of hydrogen-bond acceptors (Lipinski definition) is 6. The van der Waals surface area contributed by atoms with Gasteiger partial charge >= 0.3 is 0 Å². The van der Waals surface area contributed by atoms with E-state index in [9.17, 15) is 4.79 Å². The van der Waals surface area contributed by atoms with Crippen LogP contribution < -0.4 is 21.3 Å². The third kappa shape index (κ3) is 3.96. The molecule has 5 rings (SSSR count). The van der Waals surface area contributed by atoms with Crippen LogP contribution in [0.5, 0.6) is 0 Å². The van der Waals surface area contributed by atoms with Crippen LogP contribution in [0, 0.1) is 5.92 Å². The lowest BCUT2D eigenvalue weighted by Gasteiger charge is -2.17. The number of anilines is 2. The van der Waals surface area contributed by atoms with Crippen molar-refractivity contribution < 1.29 is 4.79 Å². The zero-order valence-corrected chi connectivity index (χ0v) is 17.1. The zero-order chi connectivity index (χ0) is 20.5. The Morgan fingerprint density at radius 2 is 2.03 bits per heavy atom. The van der Waals surface area contributed by atoms with Gasteiger partial charge in [0.2, 0.25) is 5.91 Å². The first-order valence-electron chi connectivity index (χ1n) is 9.97. The van der Waals surface area contributed by atoms with Gasteiger partial charge in [0.25, 0.3) is 0 Å². The van der Waals surface area contributed by atoms with E-state index in [0.717, 1.165) is 40.5 Å². The second kappa shape index (κ2) is 7.97. The van der Waals surface area contributed by atoms with E-state index in [-0.39, 0.29) is 12.5 Å². The maximum atomic E-state index is 12.0. The molecule has 2 aromatic carbocycles. The standard InChI is InChI=1S/C21H22ClN7O/c22-20-17(7-8-18-21(20)26-27-29(18)10-15-1-2-15)16-5-3-14(4-6-16)9-24-19(30)11-28-13-23-12-25-28/h3-8,12-13,15,26-27H,1-2,9-11H2,(H,24,30). The Kier molecular flexibility index (Phi) is 5.02. The quantitative estimate of drug-likeness (QED) is 0.541. The van der Waals surface area contributed by atoms with Gasteiger partial charge in [-0.2, -0.15) is 5.10 Å². The van der Waals surface area contributed by atoms with Gasteiger partial charge in [-0.3, -0.25) is 9.80 Å². The predicted octanol–water partition coefficient (Wildman–Crippen LogP) is 2.98. The predicted molar refractivity (Wildman–Crippen MR) is 116 cm³/mol. The van der Waals surface area contributed by atoms with Crippen LogP contribution in [0.25, 0.3) is 11.1 Å². The number of nitrogens with one attached hydrogen (secondary N) is 3. The summed E-state index contributed by atoms with van der Waals surface area (Å²) in [6, 6.07) is 12.2. The molecule has 3 N–H and O–H groups in total. The van der Waals surface area contributed by atoms with Gasteiger partial charge in [0, 0.05) is 18.7 Å². The van der Waals surface area contributed by atoms with Gasteiger partial charge in [0.1, 0.15) is 19.2 Å². The molecular formula is C21H22ClN7O. The Bertz CT molecular complexity index is 1050. The molecule has 1 fully saturated rings. The van der Waals surface area contributed by atoms with Gasteiger partial charge in [-0.25, -0.2) is 9.67 Å². The summed E-state index contributed by atoms with van der Waals surface area (Å²) in [6.45, 7) is 1.60. The summed E-state index contributed by atoms with van der Waals surface area (Å²) in [5.41, 5.74) is 11.4. The highest BCUT2D eigenvalue weighted by Gasteiger charge is 2.29. The molecule has 0 atom stereocenters. The minimum atomic E-state index is -0.111. The van der Waals surface area contributed by atoms with Crippen molar-refractivity contribution in [3.8, 4) is 11.1 Å². The van der Waals surface area contributed by atoms with E-state index < -0.39 is 0 Å². The molecule has 3 aromatic rings. The summed E-state index contributed by atoms with van der Waals surface area (Å²) in [7, 11) is 0. The SMILES string of the molecule is O=C(Cn1cncn1)NCc1ccc(-c2ccc3c(c2Cl)NNN3CC2CC2)cc1. The Labute approximate surface area is 179 Å². The monoisotopic (exact) mass is 423 g/mol. The van der Waals surface area contributed by atoms with Crippen molar-refractivity contribution in [3.63, 3.8) is 0 Å². The third-order valence-corrected chi connectivity index (χ3v) is 5.78. The van der Waals surface area contributed by atoms with Crippen molar-refractivity contribution in [3.05, 3.63) is 59.6 Å². The van der Waals surface area contributed by atoms with Crippen LogP contribution in [-0.2, 0) is 17.9 Å². The average Bonchev–Trinajstić information content (AvgIpc) is 3.24. The van der Waals surface area contributed by atoms with Gasteiger partial charge in [-0.1, -0.05) is 41.9 Å². The van der Waals surface area contributed by atoms with Gasteiger partial charge in [0.15, 0.2) is 0 Å². The highest BCUT2D eigenvalue weighted by molar-refractivity contribution is 6.37. The van der Waals surface area contributed by atoms with Crippen LogP contribution in [-0.4, -0.2) is 27.2 Å². The van der Waals surface area contributed by atoms with Crippen LogP contribution >= 0.6 is 11.6 Å². The van der Waals surface area contributed by atoms with Gasteiger partial charge in [0.05, 0.1) is 16.4 Å². The molecule has 1 saturated carbocycles. The summed E-state index contributed by atoms with van der Waals surface area (Å²) in [6.07, 6.45) is 5.52. The van der Waals surface area contributed by atoms with E-state index in [4.69, 9.17) is 11.6 Å². The van der Waals surface area contributed by atoms with Crippen LogP contribution in [0.2, 0.25) is 5.02 Å². The first kappa shape index (κ1) is 18.9. The van der Waals surface area contributed by atoms with Crippen molar-refractivity contribution in [2.75, 3.05) is 17.0 Å². The normalized spacial score (nSPS) is 15.0. The number of amides is 1. The molecule has 1 aromatic heterocycles. The smallest absolute Gasteiger partial charge is 0.242 e. The van der Waals surface area contributed by atoms with Gasteiger partial charge < -0.3 is 10.7 Å². The molecule has 1 aliphatic heterocycles. The van der Waals surface area contributed by atoms with E-state index in [1.54, 1.807) is 0 Å². The molecule has 0 bridgehead atoms. The zero-order valence-electron chi connectivity index (χ0n) is 16.3. The number of rotatable bonds is 7. The number of hydrazine groups is 2. The van der Waals surface area contributed by atoms with E-state index in [2.05, 4.69) is 43.5 Å². The molecule has 1 amide bonds. The van der Waals surface area contributed by atoms with E-state index in [1.807, 2.05) is 24.3 Å². The number of carbonyl (C=O) groups is 1. The van der Waals surface area contributed by atoms with Crippen LogP contribution in [0.4, 0.5) is 11.4 Å². The lowest BCUT2D eigenvalue weighted by atomic mass is 10.0. The topological polar surface area (TPSA) is 87.1 Å². The number of nitrogens with zero attached hydrogens (tertiary/aromatic N) is 4. The molecular weight excluding hydrogens is 402 g/mol. The Balaban J connectivity index is 1.25. The second-order valence-electron chi connectivity index (χ2n) is 7.68. The van der Waals surface area contributed by atoms with Crippen LogP contribution in [0.15, 0.2) is 49.1 Å². The molecule has 8 nitrogen and oxygen atoms in total. The maximum absolute atomic E-state index is 12.0. The minimum Gasteiger partial charge on any atom is -0.350 e. The van der Waals surface area contributed by atoms with E-state index in [0.29, 0.717) is 11.6 Å². The fraction of sp³-hybridized carbons (Fsp3) is 0.286. The van der Waals surface area contributed by atoms with Crippen molar-refractivity contribution in [1.29, 1.82) is 0 Å². The molecule has 1 aliphatic carbocycles. The Hall–Kier alpha value is -3.10. The lowest BCUT2D eigenvalue weighted by Crippen LogP contribution is -2.37. The van der Waals surface area contributed by atoms with Crippen LogP contribution in [0.3, 0.4) is 0 Å². The maximum Gasteiger partial charge on any atom is 0.242 e. The molecule has 0 radical (unpaired) electrons. The highest BCUT2D eigenvalue weighted by Crippen LogP contribution is 2.43. The van der Waals surface area contributed by atoms with Crippen molar-refractivity contribution in [1.82, 2.24) is 25.6 Å². The summed E-state index contributed by atoms with van der Waals surface area (Å²) in [4.78, 5) is 15.8. The number of hydrogen-bond donors (Lipinski definition) is 3. The molecule has 0 saturated heterocycles. The average molecular weight is 424 g/mol. The molecule has 154 valence electrons. The number of carbonyl (C=O) groups excluding carboxylic acids is 1. The molecule has 2 heterocycles. The van der Waals surface area contributed by atoms with Crippen molar-refractivity contribution >= 4 is 28.9 Å². The van der Waals surface area contributed by atoms with E-state index >= 15 is 0 Å². The van der Waals surface area contributed by atoms with E-state index in [1.165, 1.54) is 30.2 Å². The molecule has 2 aliphatic rings. The summed E-state index contributed by atoms with van der Waals surface area (Å²) < 4.78 is 1.49. The van der Waals surface area contributed by atoms with Crippen LogP contribution in [0.1, 0.15) is 18.4 Å². The van der Waals surface area contributed by atoms with Crippen molar-refractivity contribution in [2.24, 2.45) is 5.92 Å². The Morgan fingerprint density at radius 3 is 2.77 bits per heavy atom. The number of fused-ring (bicyclic) bond motifs is 1. The summed E-state index contributed by atoms with van der Waals surface area (Å²) >= 11 is 6.72. The van der Waals surface area contributed by atoms with Gasteiger partial charge in [-0.05, 0) is 36.0 Å². The third-order valence-electron chi connectivity index (χ3n) is 5.39. The minimum absolute atomic E-state index is 0.111. The highest BCUT2D eigenvalue weighted by atomic mass is 35.5. The fourth-order valence-electron chi connectivity index (χ4n) is 3.54. The second-order valence-corrected chi connectivity index (χ2v) is 8.06. The summed E-state index contributed by atoms with van der Waals surface area (Å²) in [5, 5.41) is 9.65. The fourth-order valence-corrected chi connectivity index (χ4v) is 3.86. The molecule has 0 unspecified atom stereocenters. The first-order valence-corrected chi connectivity index (χ1v) is 10.4. The summed E-state index contributed by atoms with van der Waals surface area (Å²) in [5.74, 6) is 0.661. The molecule has 0 spiro atoms. The Morgan fingerprint density at radius 1 is 1.20 bits per heavy atom. The largest absolute Gasteiger partial charge is 0.350 e.